The third-order valence-corrected chi connectivity index (χ3v) is 2.32. The maximum Gasteiger partial charge on any atom is 0.149 e. The number of anilines is 2. The van der Waals surface area contributed by atoms with Crippen molar-refractivity contribution in [2.75, 3.05) is 24.2 Å². The van der Waals surface area contributed by atoms with Crippen molar-refractivity contribution in [3.05, 3.63) is 41.8 Å². The van der Waals surface area contributed by atoms with E-state index in [1.165, 1.54) is 6.20 Å². The van der Waals surface area contributed by atoms with Crippen molar-refractivity contribution in [2.24, 2.45) is 0 Å². The number of nitrogens with two attached hydrogens (primary N) is 1. The van der Waals surface area contributed by atoms with Gasteiger partial charge in [-0.2, -0.15) is 0 Å². The highest BCUT2D eigenvalue weighted by Crippen LogP contribution is 2.14. The van der Waals surface area contributed by atoms with Crippen LogP contribution in [0.5, 0.6) is 5.75 Å². The number of nitrogens with zero attached hydrogens (tertiary/aromatic N) is 2. The van der Waals surface area contributed by atoms with Gasteiger partial charge in [-0.25, -0.2) is 4.98 Å². The number of nitrogens with one attached hydrogen (secondary N) is 1. The minimum atomic E-state index is 0.358. The van der Waals surface area contributed by atoms with E-state index >= 15 is 0 Å². The molecule has 1 aromatic heterocycles. The van der Waals surface area contributed by atoms with Gasteiger partial charge in [0.05, 0.1) is 18.9 Å². The van der Waals surface area contributed by atoms with Gasteiger partial charge in [-0.3, -0.25) is 4.98 Å². The van der Waals surface area contributed by atoms with Gasteiger partial charge in [-0.15, -0.1) is 0 Å². The van der Waals surface area contributed by atoms with Crippen molar-refractivity contribution in [1.82, 2.24) is 9.97 Å². The van der Waals surface area contributed by atoms with Gasteiger partial charge in [-0.1, -0.05) is 17.7 Å². The highest BCUT2D eigenvalue weighted by molar-refractivity contribution is 6.29. The molecule has 1 aromatic carbocycles. The molecule has 0 saturated heterocycles. The van der Waals surface area contributed by atoms with Gasteiger partial charge in [0.1, 0.15) is 23.3 Å². The molecule has 0 saturated carbocycles. The molecule has 6 heteroatoms. The minimum Gasteiger partial charge on any atom is -0.492 e. The van der Waals surface area contributed by atoms with E-state index in [2.05, 4.69) is 15.3 Å². The number of hydrogen-bond acceptors (Lipinski definition) is 5. The van der Waals surface area contributed by atoms with Gasteiger partial charge >= 0.3 is 0 Å². The highest BCUT2D eigenvalue weighted by atomic mass is 35.5. The Morgan fingerprint density at radius 2 is 2.22 bits per heavy atom. The molecule has 0 spiro atoms. The summed E-state index contributed by atoms with van der Waals surface area (Å²) in [7, 11) is 0. The molecular weight excluding hydrogens is 252 g/mol. The van der Waals surface area contributed by atoms with Crippen LogP contribution in [0.3, 0.4) is 0 Å². The van der Waals surface area contributed by atoms with Crippen molar-refractivity contribution in [2.45, 2.75) is 0 Å². The first kappa shape index (κ1) is 12.4. The largest absolute Gasteiger partial charge is 0.492 e. The van der Waals surface area contributed by atoms with Gasteiger partial charge < -0.3 is 15.8 Å². The molecule has 0 aliphatic heterocycles. The second-order valence-electron chi connectivity index (χ2n) is 3.57. The van der Waals surface area contributed by atoms with Crippen molar-refractivity contribution in [3.63, 3.8) is 0 Å². The molecule has 0 atom stereocenters. The predicted molar refractivity (Wildman–Crippen MR) is 71.9 cm³/mol. The van der Waals surface area contributed by atoms with E-state index in [4.69, 9.17) is 22.1 Å². The first-order valence-corrected chi connectivity index (χ1v) is 5.81. The molecule has 2 rings (SSSR count). The summed E-state index contributed by atoms with van der Waals surface area (Å²) >= 11 is 5.71. The zero-order valence-corrected chi connectivity index (χ0v) is 10.4. The number of ether oxygens (including phenoxy) is 1. The van der Waals surface area contributed by atoms with E-state index in [-0.39, 0.29) is 0 Å². The first-order valence-electron chi connectivity index (χ1n) is 5.44. The highest BCUT2D eigenvalue weighted by Gasteiger charge is 1.97. The van der Waals surface area contributed by atoms with E-state index in [1.54, 1.807) is 12.3 Å². The second-order valence-corrected chi connectivity index (χ2v) is 3.96. The van der Waals surface area contributed by atoms with E-state index in [1.807, 2.05) is 18.2 Å². The summed E-state index contributed by atoms with van der Waals surface area (Å²) in [6, 6.07) is 7.29. The van der Waals surface area contributed by atoms with Gasteiger partial charge in [0.15, 0.2) is 0 Å². The molecule has 94 valence electrons. The first-order chi connectivity index (χ1) is 8.74. The fraction of sp³-hybridized carbons (Fsp3) is 0.167. The van der Waals surface area contributed by atoms with Crippen molar-refractivity contribution >= 4 is 23.1 Å². The summed E-state index contributed by atoms with van der Waals surface area (Å²) in [4.78, 5) is 7.97. The molecule has 0 bridgehead atoms. The summed E-state index contributed by atoms with van der Waals surface area (Å²) in [5, 5.41) is 3.41. The van der Waals surface area contributed by atoms with Crippen LogP contribution in [0.1, 0.15) is 0 Å². The van der Waals surface area contributed by atoms with E-state index in [0.717, 1.165) is 5.75 Å². The Labute approximate surface area is 110 Å². The van der Waals surface area contributed by atoms with Crippen LogP contribution in [-0.4, -0.2) is 23.1 Å². The number of hydrogen-bond donors (Lipinski definition) is 2. The van der Waals surface area contributed by atoms with Crippen LogP contribution in [0.4, 0.5) is 11.5 Å². The average molecular weight is 265 g/mol. The minimum absolute atomic E-state index is 0.358. The third-order valence-electron chi connectivity index (χ3n) is 2.14. The molecule has 0 amide bonds. The maximum absolute atomic E-state index is 5.71. The van der Waals surface area contributed by atoms with Crippen molar-refractivity contribution < 1.29 is 4.74 Å². The Hall–Kier alpha value is -2.01. The monoisotopic (exact) mass is 264 g/mol. The van der Waals surface area contributed by atoms with Crippen LogP contribution in [0.15, 0.2) is 36.7 Å². The maximum atomic E-state index is 5.71. The molecule has 0 unspecified atom stereocenters. The summed E-state index contributed by atoms with van der Waals surface area (Å²) in [6.07, 6.45) is 3.09. The zero-order valence-electron chi connectivity index (χ0n) is 9.64. The lowest BCUT2D eigenvalue weighted by molar-refractivity contribution is 0.333. The molecule has 18 heavy (non-hydrogen) atoms. The molecule has 5 nitrogen and oxygen atoms in total. The molecule has 0 radical (unpaired) electrons. The average Bonchev–Trinajstić information content (AvgIpc) is 2.35. The van der Waals surface area contributed by atoms with Crippen molar-refractivity contribution in [1.29, 1.82) is 0 Å². The van der Waals surface area contributed by atoms with Crippen LogP contribution in [0, 0.1) is 0 Å². The smallest absolute Gasteiger partial charge is 0.149 e. The molecule has 0 aliphatic carbocycles. The zero-order chi connectivity index (χ0) is 12.8. The number of nitrogen functional groups attached to an aromatic ring is 1. The number of halogens is 1. The van der Waals surface area contributed by atoms with Crippen molar-refractivity contribution in [3.8, 4) is 5.75 Å². The van der Waals surface area contributed by atoms with Gasteiger partial charge in [0.25, 0.3) is 0 Å². The van der Waals surface area contributed by atoms with E-state index in [0.29, 0.717) is 29.8 Å². The Balaban J connectivity index is 1.76. The SMILES string of the molecule is Nc1cccc(OCCNc2cncc(Cl)n2)c1. The summed E-state index contributed by atoms with van der Waals surface area (Å²) < 4.78 is 5.52. The lowest BCUT2D eigenvalue weighted by Crippen LogP contribution is -2.12. The Morgan fingerprint density at radius 3 is 3.00 bits per heavy atom. The number of benzene rings is 1. The molecule has 0 fully saturated rings. The van der Waals surface area contributed by atoms with Gasteiger partial charge in [0, 0.05) is 11.8 Å². The summed E-state index contributed by atoms with van der Waals surface area (Å²) in [5.74, 6) is 1.37. The van der Waals surface area contributed by atoms with Gasteiger partial charge in [0.2, 0.25) is 0 Å². The van der Waals surface area contributed by atoms with Crippen LogP contribution in [-0.2, 0) is 0 Å². The quantitative estimate of drug-likeness (QED) is 0.640. The standard InChI is InChI=1S/C12H13ClN4O/c13-11-7-15-8-12(17-11)16-4-5-18-10-3-1-2-9(14)6-10/h1-3,6-8H,4-5,14H2,(H,16,17). The van der Waals surface area contributed by atoms with Crippen LogP contribution in [0.25, 0.3) is 0 Å². The lowest BCUT2D eigenvalue weighted by atomic mass is 10.3. The number of rotatable bonds is 5. The predicted octanol–water partition coefficient (Wildman–Crippen LogP) is 2.20. The fourth-order valence-corrected chi connectivity index (χ4v) is 1.53. The molecule has 1 heterocycles. The molecular formula is C12H13ClN4O. The summed E-state index contributed by atoms with van der Waals surface area (Å²) in [5.41, 5.74) is 6.32. The number of aromatic nitrogens is 2. The van der Waals surface area contributed by atoms with Gasteiger partial charge in [-0.05, 0) is 12.1 Å². The van der Waals surface area contributed by atoms with E-state index < -0.39 is 0 Å². The van der Waals surface area contributed by atoms with Crippen LogP contribution in [0.2, 0.25) is 5.15 Å². The Morgan fingerprint density at radius 1 is 1.33 bits per heavy atom. The Kier molecular flexibility index (Phi) is 4.20. The van der Waals surface area contributed by atoms with E-state index in [9.17, 15) is 0 Å². The topological polar surface area (TPSA) is 73.1 Å². The molecule has 3 N–H and O–H groups in total. The Bertz CT molecular complexity index is 473. The fourth-order valence-electron chi connectivity index (χ4n) is 1.38. The third kappa shape index (κ3) is 3.78. The van der Waals surface area contributed by atoms with Crippen LogP contribution >= 0.6 is 11.6 Å². The molecule has 2 aromatic rings. The normalized spacial score (nSPS) is 10.1. The van der Waals surface area contributed by atoms with Crippen LogP contribution < -0.4 is 15.8 Å². The molecule has 0 aliphatic rings. The lowest BCUT2D eigenvalue weighted by Gasteiger charge is -2.08. The summed E-state index contributed by atoms with van der Waals surface area (Å²) in [6.45, 7) is 1.10. The second kappa shape index (κ2) is 6.07.